The molecule has 0 aliphatic carbocycles. The van der Waals surface area contributed by atoms with E-state index in [4.69, 9.17) is 9.97 Å². The van der Waals surface area contributed by atoms with Crippen molar-refractivity contribution in [2.45, 2.75) is 6.92 Å². The number of hydrogen-bond donors (Lipinski definition) is 0. The van der Waals surface area contributed by atoms with Crippen molar-refractivity contribution < 1.29 is 0 Å². The lowest BCUT2D eigenvalue weighted by molar-refractivity contribution is 1.17. The van der Waals surface area contributed by atoms with E-state index in [1.807, 2.05) is 18.6 Å². The number of aromatic nitrogens is 4. The Bertz CT molecular complexity index is 2840. The lowest BCUT2D eigenvalue weighted by atomic mass is 9.99. The van der Waals surface area contributed by atoms with Crippen LogP contribution in [0.25, 0.3) is 88.5 Å². The van der Waals surface area contributed by atoms with Crippen LogP contribution in [0.2, 0.25) is 0 Å². The first-order chi connectivity index (χ1) is 25.2. The van der Waals surface area contributed by atoms with Gasteiger partial charge in [0.15, 0.2) is 0 Å². The molecule has 4 aromatic heterocycles. The van der Waals surface area contributed by atoms with Gasteiger partial charge in [0.05, 0.1) is 27.8 Å². The molecule has 0 bridgehead atoms. The lowest BCUT2D eigenvalue weighted by Gasteiger charge is -2.13. The Morgan fingerprint density at radius 3 is 1.49 bits per heavy atom. The maximum Gasteiger partial charge on any atom is 0.0711 e. The molecule has 0 spiro atoms. The van der Waals surface area contributed by atoms with E-state index in [1.54, 1.807) is 0 Å². The van der Waals surface area contributed by atoms with Crippen LogP contribution in [-0.4, -0.2) is 19.1 Å². The van der Waals surface area contributed by atoms with Gasteiger partial charge in [-0.1, -0.05) is 91.0 Å². The standard InChI is InChI=1S/C47H32N4/c1-31-21-22-37(51-46-19-8-4-15-40(46)41-16-5-9-20-47(41)51)28-42(31)43-27-33(23-24-49-43)35-25-34(29-48-30-35)32-11-10-12-36(26-32)50-44-17-6-2-13-38(44)39-14-3-7-18-45(39)50/h2-30H,1H3. The maximum atomic E-state index is 4.88. The monoisotopic (exact) mass is 652 g/mol. The summed E-state index contributed by atoms with van der Waals surface area (Å²) in [4.78, 5) is 9.61. The number of nitrogens with zero attached hydrogens (tertiary/aromatic N) is 4. The van der Waals surface area contributed by atoms with Gasteiger partial charge in [-0.3, -0.25) is 9.97 Å². The van der Waals surface area contributed by atoms with Crippen molar-refractivity contribution in [1.29, 1.82) is 0 Å². The van der Waals surface area contributed by atoms with E-state index < -0.39 is 0 Å². The molecule has 0 radical (unpaired) electrons. The van der Waals surface area contributed by atoms with Gasteiger partial charge in [0.25, 0.3) is 0 Å². The first kappa shape index (κ1) is 29.2. The molecule has 51 heavy (non-hydrogen) atoms. The number of benzene rings is 6. The van der Waals surface area contributed by atoms with Gasteiger partial charge < -0.3 is 9.13 Å². The zero-order valence-corrected chi connectivity index (χ0v) is 28.0. The van der Waals surface area contributed by atoms with E-state index in [2.05, 4.69) is 174 Å². The van der Waals surface area contributed by atoms with Gasteiger partial charge in [-0.25, -0.2) is 0 Å². The molecule has 0 unspecified atom stereocenters. The average molecular weight is 653 g/mol. The lowest BCUT2D eigenvalue weighted by Crippen LogP contribution is -1.96. The van der Waals surface area contributed by atoms with Crippen LogP contribution in [0.5, 0.6) is 0 Å². The summed E-state index contributed by atoms with van der Waals surface area (Å²) in [5.41, 5.74) is 14.6. The first-order valence-corrected chi connectivity index (χ1v) is 17.3. The molecule has 4 nitrogen and oxygen atoms in total. The molecule has 240 valence electrons. The van der Waals surface area contributed by atoms with Crippen LogP contribution >= 0.6 is 0 Å². The van der Waals surface area contributed by atoms with Crippen molar-refractivity contribution in [3.05, 3.63) is 182 Å². The van der Waals surface area contributed by atoms with Crippen LogP contribution < -0.4 is 0 Å². The summed E-state index contributed by atoms with van der Waals surface area (Å²) in [5, 5.41) is 5.02. The fourth-order valence-electron chi connectivity index (χ4n) is 7.76. The van der Waals surface area contributed by atoms with Crippen molar-refractivity contribution >= 4 is 43.6 Å². The van der Waals surface area contributed by atoms with Crippen LogP contribution in [0, 0.1) is 6.92 Å². The molecule has 10 aromatic rings. The zero-order valence-electron chi connectivity index (χ0n) is 28.0. The molecule has 0 saturated carbocycles. The van der Waals surface area contributed by atoms with Crippen LogP contribution in [0.3, 0.4) is 0 Å². The minimum absolute atomic E-state index is 0.936. The van der Waals surface area contributed by atoms with Crippen LogP contribution in [-0.2, 0) is 0 Å². The second-order valence-electron chi connectivity index (χ2n) is 13.2. The number of fused-ring (bicyclic) bond motifs is 6. The zero-order chi connectivity index (χ0) is 33.9. The van der Waals surface area contributed by atoms with Gasteiger partial charge in [-0.15, -0.1) is 0 Å². The van der Waals surface area contributed by atoms with Crippen molar-refractivity contribution in [3.8, 4) is 44.9 Å². The average Bonchev–Trinajstić information content (AvgIpc) is 3.72. The second-order valence-corrected chi connectivity index (χ2v) is 13.2. The third-order valence-corrected chi connectivity index (χ3v) is 10.2. The van der Waals surface area contributed by atoms with Crippen LogP contribution in [0.15, 0.2) is 176 Å². The predicted molar refractivity (Wildman–Crippen MR) is 212 cm³/mol. The number of hydrogen-bond acceptors (Lipinski definition) is 2. The van der Waals surface area contributed by atoms with Crippen molar-refractivity contribution in [2.75, 3.05) is 0 Å². The topological polar surface area (TPSA) is 35.6 Å². The van der Waals surface area contributed by atoms with Crippen molar-refractivity contribution in [2.24, 2.45) is 0 Å². The third kappa shape index (κ3) is 4.76. The summed E-state index contributed by atoms with van der Waals surface area (Å²) in [6, 6.07) is 56.5. The molecule has 0 fully saturated rings. The second kappa shape index (κ2) is 11.7. The number of rotatable bonds is 5. The molecule has 10 rings (SSSR count). The SMILES string of the molecule is Cc1ccc(-n2c3ccccc3c3ccccc32)cc1-c1cc(-c2cncc(-c3cccc(-n4c5ccccc5c5ccccc54)c3)c2)ccn1. The molecular weight excluding hydrogens is 621 g/mol. The Kier molecular flexibility index (Phi) is 6.68. The quantitative estimate of drug-likeness (QED) is 0.185. The minimum Gasteiger partial charge on any atom is -0.309 e. The highest BCUT2D eigenvalue weighted by molar-refractivity contribution is 6.10. The predicted octanol–water partition coefficient (Wildman–Crippen LogP) is 12.0. The molecule has 0 aliphatic heterocycles. The first-order valence-electron chi connectivity index (χ1n) is 17.3. The summed E-state index contributed by atoms with van der Waals surface area (Å²) >= 11 is 0. The Morgan fingerprint density at radius 1 is 0.412 bits per heavy atom. The fraction of sp³-hybridized carbons (Fsp3) is 0.0213. The van der Waals surface area contributed by atoms with E-state index in [0.29, 0.717) is 0 Å². The van der Waals surface area contributed by atoms with Crippen molar-refractivity contribution in [3.63, 3.8) is 0 Å². The van der Waals surface area contributed by atoms with E-state index in [-0.39, 0.29) is 0 Å². The Morgan fingerprint density at radius 2 is 0.922 bits per heavy atom. The van der Waals surface area contributed by atoms with E-state index in [9.17, 15) is 0 Å². The molecule has 6 aromatic carbocycles. The molecule has 0 amide bonds. The molecule has 4 heterocycles. The molecule has 0 N–H and O–H groups in total. The largest absolute Gasteiger partial charge is 0.309 e. The minimum atomic E-state index is 0.936. The van der Waals surface area contributed by atoms with Crippen LogP contribution in [0.4, 0.5) is 0 Å². The number of aryl methyl sites for hydroxylation is 1. The smallest absolute Gasteiger partial charge is 0.0711 e. The summed E-state index contributed by atoms with van der Waals surface area (Å²) in [6.45, 7) is 2.16. The summed E-state index contributed by atoms with van der Waals surface area (Å²) < 4.78 is 4.72. The molecule has 0 saturated heterocycles. The Hall–Kier alpha value is -6.78. The highest BCUT2D eigenvalue weighted by Gasteiger charge is 2.15. The van der Waals surface area contributed by atoms with Gasteiger partial charge in [0.1, 0.15) is 0 Å². The normalized spacial score (nSPS) is 11.6. The number of para-hydroxylation sites is 4. The van der Waals surface area contributed by atoms with E-state index in [0.717, 1.165) is 44.9 Å². The summed E-state index contributed by atoms with van der Waals surface area (Å²) in [5.74, 6) is 0. The summed E-state index contributed by atoms with van der Waals surface area (Å²) in [7, 11) is 0. The van der Waals surface area contributed by atoms with E-state index in [1.165, 1.54) is 49.2 Å². The highest BCUT2D eigenvalue weighted by Crippen LogP contribution is 2.36. The number of pyridine rings is 2. The van der Waals surface area contributed by atoms with Gasteiger partial charge in [-0.05, 0) is 90.3 Å². The van der Waals surface area contributed by atoms with Gasteiger partial charge in [-0.2, -0.15) is 0 Å². The van der Waals surface area contributed by atoms with Gasteiger partial charge in [0.2, 0.25) is 0 Å². The Balaban J connectivity index is 1.04. The van der Waals surface area contributed by atoms with Gasteiger partial charge in [0, 0.05) is 68.2 Å². The molecule has 4 heteroatoms. The molecular formula is C47H32N4. The van der Waals surface area contributed by atoms with Crippen LogP contribution in [0.1, 0.15) is 5.56 Å². The Labute approximate surface area is 295 Å². The molecule has 0 aliphatic rings. The molecule has 0 atom stereocenters. The third-order valence-electron chi connectivity index (χ3n) is 10.2. The van der Waals surface area contributed by atoms with E-state index >= 15 is 0 Å². The highest BCUT2D eigenvalue weighted by atomic mass is 15.0. The summed E-state index contributed by atoms with van der Waals surface area (Å²) in [6.07, 6.45) is 5.81. The van der Waals surface area contributed by atoms with Crippen molar-refractivity contribution in [1.82, 2.24) is 19.1 Å². The van der Waals surface area contributed by atoms with Gasteiger partial charge >= 0.3 is 0 Å². The maximum absolute atomic E-state index is 4.88. The fourth-order valence-corrected chi connectivity index (χ4v) is 7.76.